The van der Waals surface area contributed by atoms with Gasteiger partial charge in [0.05, 0.1) is 22.3 Å². The Morgan fingerprint density at radius 2 is 2.08 bits per heavy atom. The lowest BCUT2D eigenvalue weighted by molar-refractivity contribution is -0.148. The van der Waals surface area contributed by atoms with E-state index in [1.54, 1.807) is 24.3 Å². The van der Waals surface area contributed by atoms with Crippen molar-refractivity contribution in [3.8, 4) is 5.75 Å². The van der Waals surface area contributed by atoms with Crippen LogP contribution in [0.1, 0.15) is 13.3 Å². The van der Waals surface area contributed by atoms with E-state index in [9.17, 15) is 14.7 Å². The minimum atomic E-state index is -1.50. The van der Waals surface area contributed by atoms with Crippen LogP contribution in [0.25, 0.3) is 10.2 Å². The van der Waals surface area contributed by atoms with Gasteiger partial charge in [-0.3, -0.25) is 9.59 Å². The molecule has 2 aromatic carbocycles. The van der Waals surface area contributed by atoms with Crippen LogP contribution >= 0.6 is 27.3 Å². The van der Waals surface area contributed by atoms with E-state index in [0.717, 1.165) is 14.7 Å². The third kappa shape index (κ3) is 2.65. The summed E-state index contributed by atoms with van der Waals surface area (Å²) in [5, 5.41) is 9.71. The molecule has 1 aromatic heterocycles. The fraction of sp³-hybridized carbons (Fsp3) is 0.167. The molecule has 1 aliphatic heterocycles. The van der Waals surface area contributed by atoms with Crippen LogP contribution < -0.4 is 9.64 Å². The Kier molecular flexibility index (Phi) is 3.96. The molecule has 0 aliphatic carbocycles. The number of aromatic nitrogens is 1. The van der Waals surface area contributed by atoms with Crippen LogP contribution in [0.3, 0.4) is 0 Å². The van der Waals surface area contributed by atoms with Gasteiger partial charge in [-0.25, -0.2) is 9.88 Å². The van der Waals surface area contributed by atoms with Crippen molar-refractivity contribution in [1.82, 2.24) is 4.98 Å². The molecule has 1 N–H and O–H groups in total. The first-order chi connectivity index (χ1) is 12.4. The summed E-state index contributed by atoms with van der Waals surface area (Å²) in [4.78, 5) is 30.5. The predicted octanol–water partition coefficient (Wildman–Crippen LogP) is 4.35. The molecule has 1 unspecified atom stereocenters. The number of ether oxygens (including phenoxy) is 1. The molecule has 4 rings (SSSR count). The Bertz CT molecular complexity index is 1050. The van der Waals surface area contributed by atoms with Crippen molar-refractivity contribution < 1.29 is 19.4 Å². The Labute approximate surface area is 161 Å². The topological polar surface area (TPSA) is 79.7 Å². The molecule has 1 amide bonds. The maximum absolute atomic E-state index is 13.2. The number of anilines is 2. The van der Waals surface area contributed by atoms with Gasteiger partial charge in [0.25, 0.3) is 5.91 Å². The molecule has 0 radical (unpaired) electrons. The molecule has 0 saturated carbocycles. The number of hydrogen-bond donors (Lipinski definition) is 1. The first-order valence-corrected chi connectivity index (χ1v) is 9.39. The second-order valence-electron chi connectivity index (χ2n) is 6.10. The van der Waals surface area contributed by atoms with Gasteiger partial charge in [-0.15, -0.1) is 0 Å². The molecule has 26 heavy (non-hydrogen) atoms. The van der Waals surface area contributed by atoms with E-state index in [2.05, 4.69) is 20.9 Å². The third-order valence-electron chi connectivity index (χ3n) is 4.13. The largest absolute Gasteiger partial charge is 0.481 e. The number of amides is 1. The summed E-state index contributed by atoms with van der Waals surface area (Å²) < 4.78 is 7.59. The van der Waals surface area contributed by atoms with Crippen LogP contribution in [0.5, 0.6) is 5.75 Å². The van der Waals surface area contributed by atoms with Crippen LogP contribution in [0, 0.1) is 0 Å². The minimum absolute atomic E-state index is 0.439. The molecule has 132 valence electrons. The van der Waals surface area contributed by atoms with E-state index in [0.29, 0.717) is 16.6 Å². The molecular weight excluding hydrogens is 420 g/mol. The monoisotopic (exact) mass is 432 g/mol. The van der Waals surface area contributed by atoms with Crippen molar-refractivity contribution in [2.24, 2.45) is 0 Å². The third-order valence-corrected chi connectivity index (χ3v) is 6.15. The highest BCUT2D eigenvalue weighted by Crippen LogP contribution is 2.45. The molecule has 8 heteroatoms. The van der Waals surface area contributed by atoms with Crippen molar-refractivity contribution in [1.29, 1.82) is 0 Å². The lowest BCUT2D eigenvalue weighted by Gasteiger charge is -2.38. The summed E-state index contributed by atoms with van der Waals surface area (Å²) in [7, 11) is 0. The van der Waals surface area contributed by atoms with E-state index in [4.69, 9.17) is 4.74 Å². The van der Waals surface area contributed by atoms with Crippen molar-refractivity contribution in [2.75, 3.05) is 4.90 Å². The number of halogens is 1. The first-order valence-electron chi connectivity index (χ1n) is 7.78. The fourth-order valence-corrected chi connectivity index (χ4v) is 4.53. The zero-order valence-corrected chi connectivity index (χ0v) is 16.0. The highest BCUT2D eigenvalue weighted by atomic mass is 79.9. The van der Waals surface area contributed by atoms with Crippen molar-refractivity contribution in [2.45, 2.75) is 18.9 Å². The Hall–Kier alpha value is -2.45. The van der Waals surface area contributed by atoms with Crippen molar-refractivity contribution in [3.63, 3.8) is 0 Å². The van der Waals surface area contributed by atoms with Crippen molar-refractivity contribution in [3.05, 3.63) is 46.9 Å². The lowest BCUT2D eigenvalue weighted by Crippen LogP contribution is -2.53. The maximum atomic E-state index is 13.2. The summed E-state index contributed by atoms with van der Waals surface area (Å²) in [6.07, 6.45) is -0.439. The molecule has 0 saturated heterocycles. The fourth-order valence-electron chi connectivity index (χ4n) is 2.95. The highest BCUT2D eigenvalue weighted by Gasteiger charge is 2.47. The molecular formula is C18H13BrN2O4S. The van der Waals surface area contributed by atoms with E-state index in [1.165, 1.54) is 23.2 Å². The summed E-state index contributed by atoms with van der Waals surface area (Å²) in [5.74, 6) is -1.10. The molecule has 0 fully saturated rings. The Morgan fingerprint density at radius 1 is 1.31 bits per heavy atom. The molecule has 0 spiro atoms. The average molecular weight is 433 g/mol. The van der Waals surface area contributed by atoms with Gasteiger partial charge in [-0.2, -0.15) is 0 Å². The zero-order chi connectivity index (χ0) is 18.5. The normalized spacial score (nSPS) is 19.3. The minimum Gasteiger partial charge on any atom is -0.481 e. The van der Waals surface area contributed by atoms with Crippen LogP contribution in [0.2, 0.25) is 0 Å². The first kappa shape index (κ1) is 17.0. The second-order valence-corrected chi connectivity index (χ2v) is 7.93. The van der Waals surface area contributed by atoms with Crippen molar-refractivity contribution >= 4 is 60.2 Å². The number of carbonyl (C=O) groups excluding carboxylic acids is 1. The van der Waals surface area contributed by atoms with Crippen LogP contribution in [0.4, 0.5) is 10.8 Å². The van der Waals surface area contributed by atoms with Gasteiger partial charge in [-0.1, -0.05) is 29.5 Å². The molecule has 3 aromatic rings. The smallest absolute Gasteiger partial charge is 0.307 e. The number of aliphatic carboxylic acids is 1. The van der Waals surface area contributed by atoms with E-state index < -0.39 is 23.9 Å². The second kappa shape index (κ2) is 6.07. The van der Waals surface area contributed by atoms with Crippen LogP contribution in [-0.4, -0.2) is 27.6 Å². The number of para-hydroxylation sites is 2. The standard InChI is InChI=1S/C18H13BrN2O4S/c1-18(9-14(22)23)16(24)21(12-7-2-3-8-13(12)25-18)17-20-11-6-4-5-10(19)15(11)26-17/h2-8H,9H2,1H3,(H,22,23). The number of rotatable bonds is 3. The Balaban J connectivity index is 1.90. The SMILES string of the molecule is CC1(CC(=O)O)Oc2ccccc2N(c2nc3cccc(Br)c3s2)C1=O. The number of benzene rings is 2. The molecule has 6 nitrogen and oxygen atoms in total. The van der Waals surface area contributed by atoms with Gasteiger partial charge >= 0.3 is 5.97 Å². The lowest BCUT2D eigenvalue weighted by atomic mass is 9.97. The summed E-state index contributed by atoms with van der Waals surface area (Å²) in [5.41, 5.74) is -0.193. The quantitative estimate of drug-likeness (QED) is 0.665. The van der Waals surface area contributed by atoms with Gasteiger partial charge < -0.3 is 9.84 Å². The van der Waals surface area contributed by atoms with Crippen LogP contribution in [-0.2, 0) is 9.59 Å². The van der Waals surface area contributed by atoms with Gasteiger partial charge in [-0.05, 0) is 47.1 Å². The summed E-state index contributed by atoms with van der Waals surface area (Å²) in [6.45, 7) is 1.50. The van der Waals surface area contributed by atoms with Gasteiger partial charge in [0, 0.05) is 4.47 Å². The number of carboxylic acid groups (broad SMARTS) is 1. The molecule has 1 atom stereocenters. The zero-order valence-electron chi connectivity index (χ0n) is 13.6. The van der Waals surface area contributed by atoms with E-state index in [-0.39, 0.29) is 0 Å². The molecule has 0 bridgehead atoms. The van der Waals surface area contributed by atoms with Gasteiger partial charge in [0.1, 0.15) is 5.75 Å². The van der Waals surface area contributed by atoms with Gasteiger partial charge in [0.15, 0.2) is 10.7 Å². The highest BCUT2D eigenvalue weighted by molar-refractivity contribution is 9.10. The molecule has 2 heterocycles. The number of fused-ring (bicyclic) bond motifs is 2. The molecule has 1 aliphatic rings. The summed E-state index contributed by atoms with van der Waals surface area (Å²) >= 11 is 4.86. The summed E-state index contributed by atoms with van der Waals surface area (Å²) in [6, 6.07) is 12.7. The number of carboxylic acids is 1. The van der Waals surface area contributed by atoms with E-state index >= 15 is 0 Å². The van der Waals surface area contributed by atoms with Gasteiger partial charge in [0.2, 0.25) is 0 Å². The predicted molar refractivity (Wildman–Crippen MR) is 102 cm³/mol. The Morgan fingerprint density at radius 3 is 2.81 bits per heavy atom. The van der Waals surface area contributed by atoms with Crippen LogP contribution in [0.15, 0.2) is 46.9 Å². The van der Waals surface area contributed by atoms with E-state index in [1.807, 2.05) is 18.2 Å². The number of hydrogen-bond acceptors (Lipinski definition) is 5. The number of carbonyl (C=O) groups is 2. The number of nitrogens with zero attached hydrogens (tertiary/aromatic N) is 2. The maximum Gasteiger partial charge on any atom is 0.307 e. The number of thiazole rings is 1. The average Bonchev–Trinajstić information content (AvgIpc) is 3.00.